The number of nitrogens with zero attached hydrogens (tertiary/aromatic N) is 2. The minimum absolute atomic E-state index is 0.0240. The predicted molar refractivity (Wildman–Crippen MR) is 140 cm³/mol. The molecule has 186 valence electrons. The number of hydrogen-bond acceptors (Lipinski definition) is 5. The molecule has 0 aliphatic rings. The zero-order valence-electron chi connectivity index (χ0n) is 20.1. The van der Waals surface area contributed by atoms with Gasteiger partial charge in [-0.25, -0.2) is 0 Å². The molecule has 0 bridgehead atoms. The van der Waals surface area contributed by atoms with Gasteiger partial charge in [0.1, 0.15) is 5.75 Å². The predicted octanol–water partition coefficient (Wildman–Crippen LogP) is 5.18. The van der Waals surface area contributed by atoms with Crippen LogP contribution in [0.15, 0.2) is 66.0 Å². The number of halogens is 1. The van der Waals surface area contributed by atoms with Crippen molar-refractivity contribution in [2.75, 3.05) is 33.4 Å². The van der Waals surface area contributed by atoms with Gasteiger partial charge < -0.3 is 19.3 Å². The number of thiophene rings is 1. The van der Waals surface area contributed by atoms with E-state index in [0.717, 1.165) is 16.0 Å². The van der Waals surface area contributed by atoms with Crippen molar-refractivity contribution in [3.63, 3.8) is 0 Å². The molecule has 2 aromatic carbocycles. The normalized spacial score (nSPS) is 10.7. The molecule has 0 saturated heterocycles. The van der Waals surface area contributed by atoms with Crippen molar-refractivity contribution in [1.82, 2.24) is 9.80 Å². The number of methoxy groups -OCH3 is 1. The minimum Gasteiger partial charge on any atom is -0.484 e. The summed E-state index contributed by atoms with van der Waals surface area (Å²) in [5.74, 6) is 0.181. The lowest BCUT2D eigenvalue weighted by Crippen LogP contribution is -2.44. The number of hydrogen-bond donors (Lipinski definition) is 0. The first-order valence-corrected chi connectivity index (χ1v) is 12.7. The quantitative estimate of drug-likeness (QED) is 0.295. The fraction of sp³-hybridized carbons (Fsp3) is 0.333. The van der Waals surface area contributed by atoms with E-state index in [1.165, 1.54) is 0 Å². The van der Waals surface area contributed by atoms with Crippen LogP contribution in [-0.2, 0) is 27.4 Å². The summed E-state index contributed by atoms with van der Waals surface area (Å²) in [6.45, 7) is 3.73. The van der Waals surface area contributed by atoms with Gasteiger partial charge in [-0.15, -0.1) is 11.3 Å². The highest BCUT2D eigenvalue weighted by atomic mass is 35.5. The molecule has 0 aliphatic carbocycles. The second-order valence-electron chi connectivity index (χ2n) is 8.17. The minimum atomic E-state index is -0.253. The average molecular weight is 515 g/mol. The van der Waals surface area contributed by atoms with Crippen molar-refractivity contribution in [2.45, 2.75) is 26.4 Å². The van der Waals surface area contributed by atoms with Crippen LogP contribution in [0.3, 0.4) is 0 Å². The maximum Gasteiger partial charge on any atom is 0.260 e. The van der Waals surface area contributed by atoms with E-state index in [4.69, 9.17) is 21.1 Å². The van der Waals surface area contributed by atoms with E-state index in [-0.39, 0.29) is 25.0 Å². The molecule has 0 saturated carbocycles. The molecule has 0 N–H and O–H groups in total. The van der Waals surface area contributed by atoms with Crippen molar-refractivity contribution >= 4 is 34.8 Å². The molecule has 0 unspecified atom stereocenters. The first-order valence-electron chi connectivity index (χ1n) is 11.5. The molecule has 0 fully saturated rings. The summed E-state index contributed by atoms with van der Waals surface area (Å²) in [6.07, 6.45) is 0.624. The molecule has 35 heavy (non-hydrogen) atoms. The van der Waals surface area contributed by atoms with Crippen LogP contribution in [0.25, 0.3) is 0 Å². The third-order valence-electron chi connectivity index (χ3n) is 5.50. The van der Waals surface area contributed by atoms with Crippen molar-refractivity contribution in [2.24, 2.45) is 0 Å². The summed E-state index contributed by atoms with van der Waals surface area (Å²) < 4.78 is 10.8. The van der Waals surface area contributed by atoms with E-state index >= 15 is 0 Å². The molecule has 1 aromatic heterocycles. The Kier molecular flexibility index (Phi) is 10.6. The molecule has 0 radical (unpaired) electrons. The second kappa shape index (κ2) is 13.9. The Balaban J connectivity index is 1.71. The third-order valence-corrected chi connectivity index (χ3v) is 6.76. The van der Waals surface area contributed by atoms with Crippen LogP contribution in [0.4, 0.5) is 0 Å². The topological polar surface area (TPSA) is 59.1 Å². The number of ether oxygens (including phenoxy) is 2. The number of amides is 2. The Hall–Kier alpha value is -2.87. The van der Waals surface area contributed by atoms with Gasteiger partial charge in [0, 0.05) is 36.7 Å². The zero-order valence-corrected chi connectivity index (χ0v) is 21.7. The van der Waals surface area contributed by atoms with Gasteiger partial charge in [-0.2, -0.15) is 0 Å². The number of carbonyl (C=O) groups excluding carboxylic acids is 2. The second-order valence-corrected chi connectivity index (χ2v) is 9.60. The lowest BCUT2D eigenvalue weighted by Gasteiger charge is -2.28. The Bertz CT molecular complexity index is 1070. The highest BCUT2D eigenvalue weighted by Crippen LogP contribution is 2.20. The van der Waals surface area contributed by atoms with E-state index in [0.29, 0.717) is 43.4 Å². The van der Waals surface area contributed by atoms with E-state index in [9.17, 15) is 9.59 Å². The van der Waals surface area contributed by atoms with Crippen LogP contribution in [0.5, 0.6) is 5.75 Å². The molecular formula is C27H31ClN2O4S. The Morgan fingerprint density at radius 1 is 0.943 bits per heavy atom. The fourth-order valence-electron chi connectivity index (χ4n) is 3.50. The molecule has 1 heterocycles. The van der Waals surface area contributed by atoms with Crippen LogP contribution in [0, 0.1) is 6.92 Å². The van der Waals surface area contributed by atoms with E-state index in [2.05, 4.69) is 6.07 Å². The first kappa shape index (κ1) is 26.7. The van der Waals surface area contributed by atoms with Crippen LogP contribution in [0.1, 0.15) is 22.4 Å². The molecule has 3 rings (SSSR count). The Morgan fingerprint density at radius 2 is 1.69 bits per heavy atom. The van der Waals surface area contributed by atoms with Gasteiger partial charge in [0.25, 0.3) is 5.91 Å². The van der Waals surface area contributed by atoms with Crippen LogP contribution >= 0.6 is 22.9 Å². The van der Waals surface area contributed by atoms with E-state index in [1.807, 2.05) is 47.5 Å². The number of carbonyl (C=O) groups is 2. The lowest BCUT2D eigenvalue weighted by atomic mass is 10.2. The molecule has 2 amide bonds. The van der Waals surface area contributed by atoms with Crippen molar-refractivity contribution < 1.29 is 19.1 Å². The summed E-state index contributed by atoms with van der Waals surface area (Å²) in [5.41, 5.74) is 2.20. The number of rotatable bonds is 13. The molecule has 3 aromatic rings. The summed E-state index contributed by atoms with van der Waals surface area (Å²) >= 11 is 7.55. The van der Waals surface area contributed by atoms with Gasteiger partial charge >= 0.3 is 0 Å². The first-order chi connectivity index (χ1) is 17.0. The molecular weight excluding hydrogens is 484 g/mol. The molecule has 0 atom stereocenters. The van der Waals surface area contributed by atoms with Gasteiger partial charge in [-0.1, -0.05) is 41.9 Å². The maximum atomic E-state index is 13.5. The average Bonchev–Trinajstić information content (AvgIpc) is 3.27. The third kappa shape index (κ3) is 8.69. The SMILES string of the molecule is COCCCN(CC(=O)N(Cc1ccccc1)Cc1sccc1C)C(=O)COc1ccc(Cl)cc1. The fourth-order valence-corrected chi connectivity index (χ4v) is 4.54. The van der Waals surface area contributed by atoms with Crippen LogP contribution < -0.4 is 4.74 Å². The standard InChI is InChI=1S/C27H31ClN2O4S/c1-21-13-16-35-25(21)18-30(17-22-7-4-3-5-8-22)26(31)19-29(14-6-15-33-2)27(32)20-34-24-11-9-23(28)10-12-24/h3-5,7-13,16H,6,14-15,17-20H2,1-2H3. The zero-order chi connectivity index (χ0) is 25.0. The number of benzene rings is 2. The van der Waals surface area contributed by atoms with E-state index in [1.54, 1.807) is 47.6 Å². The monoisotopic (exact) mass is 514 g/mol. The van der Waals surface area contributed by atoms with Crippen LogP contribution in [-0.4, -0.2) is 55.0 Å². The van der Waals surface area contributed by atoms with Gasteiger partial charge in [-0.05, 0) is 60.2 Å². The highest BCUT2D eigenvalue weighted by molar-refractivity contribution is 7.10. The number of aryl methyl sites for hydroxylation is 1. The van der Waals surface area contributed by atoms with Crippen molar-refractivity contribution in [3.05, 3.63) is 87.1 Å². The molecule has 0 aliphatic heterocycles. The molecule has 6 nitrogen and oxygen atoms in total. The summed E-state index contributed by atoms with van der Waals surface area (Å²) in [4.78, 5) is 31.0. The maximum absolute atomic E-state index is 13.5. The van der Waals surface area contributed by atoms with Gasteiger partial charge in [-0.3, -0.25) is 9.59 Å². The van der Waals surface area contributed by atoms with Crippen molar-refractivity contribution in [3.8, 4) is 5.75 Å². The molecule has 8 heteroatoms. The summed E-state index contributed by atoms with van der Waals surface area (Å²) in [6, 6.07) is 18.8. The Labute approximate surface area is 216 Å². The van der Waals surface area contributed by atoms with Gasteiger partial charge in [0.15, 0.2) is 6.61 Å². The highest BCUT2D eigenvalue weighted by Gasteiger charge is 2.23. The van der Waals surface area contributed by atoms with E-state index < -0.39 is 0 Å². The van der Waals surface area contributed by atoms with Gasteiger partial charge in [0.2, 0.25) is 5.91 Å². The lowest BCUT2D eigenvalue weighted by molar-refractivity contribution is -0.142. The van der Waals surface area contributed by atoms with Crippen molar-refractivity contribution in [1.29, 1.82) is 0 Å². The smallest absolute Gasteiger partial charge is 0.260 e. The summed E-state index contributed by atoms with van der Waals surface area (Å²) in [5, 5.41) is 2.62. The van der Waals surface area contributed by atoms with Gasteiger partial charge in [0.05, 0.1) is 13.1 Å². The molecule has 0 spiro atoms. The summed E-state index contributed by atoms with van der Waals surface area (Å²) in [7, 11) is 1.62. The van der Waals surface area contributed by atoms with Crippen LogP contribution in [0.2, 0.25) is 5.02 Å². The largest absolute Gasteiger partial charge is 0.484 e. The Morgan fingerprint density at radius 3 is 2.34 bits per heavy atom.